The zero-order valence-electron chi connectivity index (χ0n) is 10.3. The van der Waals surface area contributed by atoms with Crippen molar-refractivity contribution in [2.24, 2.45) is 0 Å². The summed E-state index contributed by atoms with van der Waals surface area (Å²) in [7, 11) is 0. The van der Waals surface area contributed by atoms with Crippen molar-refractivity contribution in [2.45, 2.75) is 24.6 Å². The largest absolute Gasteiger partial charge is 0.480 e. The van der Waals surface area contributed by atoms with Crippen molar-refractivity contribution >= 4 is 47.7 Å². The molecule has 1 atom stereocenters. The average molecular weight is 322 g/mol. The van der Waals surface area contributed by atoms with Gasteiger partial charge in [0.15, 0.2) is 0 Å². The Balaban J connectivity index is 2.97. The fourth-order valence-corrected chi connectivity index (χ4v) is 2.14. The second-order valence-electron chi connectivity index (χ2n) is 4.56. The minimum absolute atomic E-state index is 0.196. The third kappa shape index (κ3) is 4.60. The predicted molar refractivity (Wildman–Crippen MR) is 78.4 cm³/mol. The van der Waals surface area contributed by atoms with E-state index in [4.69, 9.17) is 28.3 Å². The van der Waals surface area contributed by atoms with Crippen LogP contribution in [-0.4, -0.2) is 27.8 Å². The van der Waals surface area contributed by atoms with E-state index in [1.54, 1.807) is 13.8 Å². The Hall–Kier alpha value is -0.910. The van der Waals surface area contributed by atoms with Gasteiger partial charge in [0.2, 0.25) is 0 Å². The number of hydrogen-bond donors (Lipinski definition) is 3. The lowest BCUT2D eigenvalue weighted by atomic mass is 10.0. The normalized spacial score (nSPS) is 12.9. The van der Waals surface area contributed by atoms with E-state index in [9.17, 15) is 9.59 Å². The fourth-order valence-electron chi connectivity index (χ4n) is 1.44. The van der Waals surface area contributed by atoms with Crippen LogP contribution in [0, 0.1) is 0 Å². The topological polar surface area (TPSA) is 66.4 Å². The first-order chi connectivity index (χ1) is 8.61. The number of carboxylic acids is 1. The predicted octanol–water partition coefficient (Wildman–Crippen LogP) is 2.88. The highest BCUT2D eigenvalue weighted by molar-refractivity contribution is 7.81. The number of benzene rings is 1. The van der Waals surface area contributed by atoms with E-state index in [1.807, 2.05) is 0 Å². The molecule has 4 nitrogen and oxygen atoms in total. The highest BCUT2D eigenvalue weighted by Crippen LogP contribution is 2.21. The van der Waals surface area contributed by atoms with Crippen LogP contribution < -0.4 is 5.32 Å². The minimum Gasteiger partial charge on any atom is -0.480 e. The van der Waals surface area contributed by atoms with Crippen LogP contribution in [0.4, 0.5) is 0 Å². The molecule has 0 aliphatic carbocycles. The molecule has 0 aliphatic rings. The highest BCUT2D eigenvalue weighted by atomic mass is 35.5. The number of carbonyl (C=O) groups excluding carboxylic acids is 1. The Morgan fingerprint density at radius 3 is 2.11 bits per heavy atom. The zero-order valence-corrected chi connectivity index (χ0v) is 12.7. The van der Waals surface area contributed by atoms with Crippen LogP contribution in [-0.2, 0) is 4.79 Å². The standard InChI is InChI=1S/C12H13Cl2NO3S/c1-12(2,19)9(11(17)18)15-10(16)6-3-7(13)5-8(14)4-6/h3-5,9,19H,1-2H3,(H,15,16)(H,17,18). The summed E-state index contributed by atoms with van der Waals surface area (Å²) in [5.74, 6) is -1.74. The Morgan fingerprint density at radius 2 is 1.74 bits per heavy atom. The number of thiol groups is 1. The van der Waals surface area contributed by atoms with Gasteiger partial charge in [0.25, 0.3) is 5.91 Å². The van der Waals surface area contributed by atoms with E-state index in [2.05, 4.69) is 17.9 Å². The van der Waals surface area contributed by atoms with Crippen LogP contribution in [0.25, 0.3) is 0 Å². The van der Waals surface area contributed by atoms with Gasteiger partial charge < -0.3 is 10.4 Å². The molecule has 0 spiro atoms. The number of halogens is 2. The summed E-state index contributed by atoms with van der Waals surface area (Å²) in [6.07, 6.45) is 0. The summed E-state index contributed by atoms with van der Waals surface area (Å²) in [5, 5.41) is 12.1. The summed E-state index contributed by atoms with van der Waals surface area (Å²) < 4.78 is -0.913. The molecule has 104 valence electrons. The van der Waals surface area contributed by atoms with Gasteiger partial charge in [0, 0.05) is 20.4 Å². The lowest BCUT2D eigenvalue weighted by Crippen LogP contribution is -2.51. The monoisotopic (exact) mass is 321 g/mol. The maximum absolute atomic E-state index is 12.0. The van der Waals surface area contributed by atoms with Crippen molar-refractivity contribution in [3.05, 3.63) is 33.8 Å². The quantitative estimate of drug-likeness (QED) is 0.747. The first-order valence-electron chi connectivity index (χ1n) is 5.33. The molecule has 1 aromatic rings. The van der Waals surface area contributed by atoms with Gasteiger partial charge in [-0.2, -0.15) is 12.6 Å². The van der Waals surface area contributed by atoms with E-state index in [1.165, 1.54) is 18.2 Å². The molecule has 0 radical (unpaired) electrons. The molecule has 0 heterocycles. The molecule has 0 fully saturated rings. The second kappa shape index (κ2) is 6.03. The van der Waals surface area contributed by atoms with Gasteiger partial charge in [0.1, 0.15) is 6.04 Å². The highest BCUT2D eigenvalue weighted by Gasteiger charge is 2.33. The first-order valence-corrected chi connectivity index (χ1v) is 6.53. The Labute approximate surface area is 126 Å². The summed E-state index contributed by atoms with van der Waals surface area (Å²) in [6, 6.07) is 3.17. The molecule has 1 aromatic carbocycles. The summed E-state index contributed by atoms with van der Waals surface area (Å²) >= 11 is 15.7. The third-order valence-electron chi connectivity index (χ3n) is 2.35. The van der Waals surface area contributed by atoms with Crippen LogP contribution in [0.1, 0.15) is 24.2 Å². The van der Waals surface area contributed by atoms with Gasteiger partial charge in [-0.05, 0) is 32.0 Å². The van der Waals surface area contributed by atoms with Crippen LogP contribution in [0.15, 0.2) is 18.2 Å². The first kappa shape index (κ1) is 16.1. The molecule has 0 aliphatic heterocycles. The summed E-state index contributed by atoms with van der Waals surface area (Å²) in [5.41, 5.74) is 0.196. The number of rotatable bonds is 4. The van der Waals surface area contributed by atoms with Gasteiger partial charge in [0.05, 0.1) is 0 Å². The number of nitrogens with one attached hydrogen (secondary N) is 1. The van der Waals surface area contributed by atoms with Crippen LogP contribution in [0.2, 0.25) is 10.0 Å². The third-order valence-corrected chi connectivity index (χ3v) is 3.05. The molecule has 0 aromatic heterocycles. The number of hydrogen-bond acceptors (Lipinski definition) is 3. The number of carbonyl (C=O) groups is 2. The summed E-state index contributed by atoms with van der Waals surface area (Å²) in [6.45, 7) is 3.19. The van der Waals surface area contributed by atoms with Gasteiger partial charge in [-0.1, -0.05) is 23.2 Å². The smallest absolute Gasteiger partial charge is 0.327 e. The van der Waals surface area contributed by atoms with Gasteiger partial charge >= 0.3 is 5.97 Å². The average Bonchev–Trinajstić information content (AvgIpc) is 2.21. The lowest BCUT2D eigenvalue weighted by Gasteiger charge is -2.26. The van der Waals surface area contributed by atoms with Gasteiger partial charge in [-0.15, -0.1) is 0 Å². The van der Waals surface area contributed by atoms with Crippen LogP contribution in [0.3, 0.4) is 0 Å². The van der Waals surface area contributed by atoms with Gasteiger partial charge in [-0.25, -0.2) is 4.79 Å². The van der Waals surface area contributed by atoms with Crippen molar-refractivity contribution < 1.29 is 14.7 Å². The van der Waals surface area contributed by atoms with E-state index in [0.29, 0.717) is 10.0 Å². The van der Waals surface area contributed by atoms with E-state index < -0.39 is 22.7 Å². The number of aliphatic carboxylic acids is 1. The Morgan fingerprint density at radius 1 is 1.26 bits per heavy atom. The second-order valence-corrected chi connectivity index (χ2v) is 6.58. The minimum atomic E-state index is -1.17. The van der Waals surface area contributed by atoms with Crippen molar-refractivity contribution in [3.8, 4) is 0 Å². The Bertz CT molecular complexity index is 494. The van der Waals surface area contributed by atoms with Gasteiger partial charge in [-0.3, -0.25) is 4.79 Å². The lowest BCUT2D eigenvalue weighted by molar-refractivity contribution is -0.139. The van der Waals surface area contributed by atoms with Crippen molar-refractivity contribution in [1.29, 1.82) is 0 Å². The van der Waals surface area contributed by atoms with E-state index in [0.717, 1.165) is 0 Å². The molecule has 7 heteroatoms. The molecule has 0 bridgehead atoms. The molecule has 1 rings (SSSR count). The van der Waals surface area contributed by atoms with E-state index >= 15 is 0 Å². The SMILES string of the molecule is CC(C)(S)C(NC(=O)c1cc(Cl)cc(Cl)c1)C(=O)O. The summed E-state index contributed by atoms with van der Waals surface area (Å²) in [4.78, 5) is 23.1. The maximum Gasteiger partial charge on any atom is 0.327 e. The fraction of sp³-hybridized carbons (Fsp3) is 0.333. The van der Waals surface area contributed by atoms with Crippen molar-refractivity contribution in [1.82, 2.24) is 5.32 Å². The zero-order chi connectivity index (χ0) is 14.8. The molecule has 19 heavy (non-hydrogen) atoms. The molecular formula is C12H13Cl2NO3S. The maximum atomic E-state index is 12.0. The molecule has 0 saturated heterocycles. The molecular weight excluding hydrogens is 309 g/mol. The van der Waals surface area contributed by atoms with Crippen molar-refractivity contribution in [3.63, 3.8) is 0 Å². The van der Waals surface area contributed by atoms with Crippen LogP contribution in [0.5, 0.6) is 0 Å². The molecule has 2 N–H and O–H groups in total. The molecule has 1 unspecified atom stereocenters. The number of amides is 1. The van der Waals surface area contributed by atoms with E-state index in [-0.39, 0.29) is 5.56 Å². The number of carboxylic acid groups (broad SMARTS) is 1. The van der Waals surface area contributed by atoms with Crippen LogP contribution >= 0.6 is 35.8 Å². The Kier molecular flexibility index (Phi) is 5.12. The molecule has 1 amide bonds. The van der Waals surface area contributed by atoms with Crippen molar-refractivity contribution in [2.75, 3.05) is 0 Å². The molecule has 0 saturated carbocycles.